The first-order valence-electron chi connectivity index (χ1n) is 6.29. The fourth-order valence-electron chi connectivity index (χ4n) is 2.14. The van der Waals surface area contributed by atoms with E-state index in [1.54, 1.807) is 6.08 Å². The summed E-state index contributed by atoms with van der Waals surface area (Å²) in [5.41, 5.74) is 3.22. The summed E-state index contributed by atoms with van der Waals surface area (Å²) >= 11 is 3.40. The van der Waals surface area contributed by atoms with Gasteiger partial charge in [-0.25, -0.2) is 9.78 Å². The number of imidazole rings is 1. The highest BCUT2D eigenvalue weighted by Crippen LogP contribution is 2.26. The first kappa shape index (κ1) is 13.6. The van der Waals surface area contributed by atoms with Crippen LogP contribution in [-0.4, -0.2) is 20.5 Å². The Morgan fingerprint density at radius 1 is 1.19 bits per heavy atom. The molecule has 2 heterocycles. The Morgan fingerprint density at radius 2 is 1.95 bits per heavy atom. The van der Waals surface area contributed by atoms with Crippen molar-refractivity contribution in [2.75, 3.05) is 0 Å². The molecule has 0 amide bonds. The molecule has 0 atom stereocenters. The van der Waals surface area contributed by atoms with Crippen LogP contribution in [0.2, 0.25) is 0 Å². The second-order valence-electron chi connectivity index (χ2n) is 4.45. The summed E-state index contributed by atoms with van der Waals surface area (Å²) in [5.74, 6) is -0.984. The maximum Gasteiger partial charge on any atom is 0.328 e. The fraction of sp³-hybridized carbons (Fsp3) is 0. The van der Waals surface area contributed by atoms with Crippen LogP contribution in [0.5, 0.6) is 0 Å². The number of hydrogen-bond acceptors (Lipinski definition) is 2. The van der Waals surface area contributed by atoms with Crippen molar-refractivity contribution in [2.45, 2.75) is 0 Å². The average Bonchev–Trinajstić information content (AvgIpc) is 2.84. The standard InChI is InChI=1S/C16H11BrN2O2/c17-12-6-4-11(5-7-12)16-13(8-9-15(20)21)19-10-2-1-3-14(19)18-16/h1-10H,(H,20,21)/b9-8+. The van der Waals surface area contributed by atoms with Crippen LogP contribution in [0.25, 0.3) is 23.0 Å². The molecule has 0 saturated heterocycles. The lowest BCUT2D eigenvalue weighted by Crippen LogP contribution is -1.90. The zero-order valence-electron chi connectivity index (χ0n) is 10.9. The Kier molecular flexibility index (Phi) is 3.58. The van der Waals surface area contributed by atoms with Gasteiger partial charge in [-0.3, -0.25) is 4.40 Å². The summed E-state index contributed by atoms with van der Waals surface area (Å²) in [5, 5.41) is 8.86. The molecule has 0 saturated carbocycles. The van der Waals surface area contributed by atoms with Gasteiger partial charge in [-0.2, -0.15) is 0 Å². The lowest BCUT2D eigenvalue weighted by Gasteiger charge is -2.00. The third-order valence-electron chi connectivity index (χ3n) is 3.07. The molecule has 0 aliphatic rings. The van der Waals surface area contributed by atoms with Gasteiger partial charge in [0.1, 0.15) is 5.65 Å². The summed E-state index contributed by atoms with van der Waals surface area (Å²) in [6, 6.07) is 13.4. The number of halogens is 1. The maximum absolute atomic E-state index is 10.8. The van der Waals surface area contributed by atoms with Gasteiger partial charge >= 0.3 is 5.97 Å². The van der Waals surface area contributed by atoms with Crippen molar-refractivity contribution in [1.29, 1.82) is 0 Å². The molecule has 3 aromatic rings. The van der Waals surface area contributed by atoms with E-state index in [-0.39, 0.29) is 0 Å². The number of aromatic nitrogens is 2. The van der Waals surface area contributed by atoms with Crippen molar-refractivity contribution in [3.05, 3.63) is 64.9 Å². The number of benzene rings is 1. The van der Waals surface area contributed by atoms with E-state index >= 15 is 0 Å². The van der Waals surface area contributed by atoms with Crippen LogP contribution >= 0.6 is 15.9 Å². The summed E-state index contributed by atoms with van der Waals surface area (Å²) < 4.78 is 2.86. The first-order valence-corrected chi connectivity index (χ1v) is 7.08. The molecule has 0 aliphatic heterocycles. The third kappa shape index (κ3) is 2.73. The van der Waals surface area contributed by atoms with Crippen molar-refractivity contribution < 1.29 is 9.90 Å². The maximum atomic E-state index is 10.8. The molecule has 21 heavy (non-hydrogen) atoms. The van der Waals surface area contributed by atoms with E-state index in [0.717, 1.165) is 33.1 Å². The smallest absolute Gasteiger partial charge is 0.328 e. The second-order valence-corrected chi connectivity index (χ2v) is 5.37. The van der Waals surface area contributed by atoms with Gasteiger partial charge in [0, 0.05) is 22.3 Å². The molecule has 0 aliphatic carbocycles. The molecule has 0 radical (unpaired) electrons. The van der Waals surface area contributed by atoms with Crippen molar-refractivity contribution in [3.63, 3.8) is 0 Å². The molecule has 4 nitrogen and oxygen atoms in total. The summed E-state index contributed by atoms with van der Waals surface area (Å²) in [6.07, 6.45) is 4.56. The Hall–Kier alpha value is -2.40. The van der Waals surface area contributed by atoms with E-state index < -0.39 is 5.97 Å². The number of rotatable bonds is 3. The van der Waals surface area contributed by atoms with Crippen LogP contribution in [0.4, 0.5) is 0 Å². The van der Waals surface area contributed by atoms with Crippen molar-refractivity contribution in [1.82, 2.24) is 9.38 Å². The van der Waals surface area contributed by atoms with Gasteiger partial charge in [-0.05, 0) is 30.3 Å². The summed E-state index contributed by atoms with van der Waals surface area (Å²) in [4.78, 5) is 15.4. The van der Waals surface area contributed by atoms with Gasteiger partial charge < -0.3 is 5.11 Å². The van der Waals surface area contributed by atoms with Gasteiger partial charge in [0.15, 0.2) is 0 Å². The molecule has 0 bridgehead atoms. The lowest BCUT2D eigenvalue weighted by molar-refractivity contribution is -0.131. The highest BCUT2D eigenvalue weighted by molar-refractivity contribution is 9.10. The van der Waals surface area contributed by atoms with Crippen LogP contribution < -0.4 is 0 Å². The number of carboxylic acid groups (broad SMARTS) is 1. The number of nitrogens with zero attached hydrogens (tertiary/aromatic N) is 2. The predicted molar refractivity (Wildman–Crippen MR) is 85.0 cm³/mol. The first-order chi connectivity index (χ1) is 10.1. The highest BCUT2D eigenvalue weighted by atomic mass is 79.9. The van der Waals surface area contributed by atoms with Crippen molar-refractivity contribution >= 4 is 33.6 Å². The average molecular weight is 343 g/mol. The van der Waals surface area contributed by atoms with E-state index in [0.29, 0.717) is 0 Å². The Bertz CT molecular complexity index is 835. The van der Waals surface area contributed by atoms with Crippen LogP contribution in [0.1, 0.15) is 5.69 Å². The molecule has 1 N–H and O–H groups in total. The number of carboxylic acids is 1. The molecular formula is C16H11BrN2O2. The van der Waals surface area contributed by atoms with Gasteiger partial charge in [0.05, 0.1) is 11.4 Å². The molecule has 2 aromatic heterocycles. The number of aliphatic carboxylic acids is 1. The van der Waals surface area contributed by atoms with Crippen LogP contribution in [-0.2, 0) is 4.79 Å². The van der Waals surface area contributed by atoms with Crippen LogP contribution in [0, 0.1) is 0 Å². The molecule has 1 aromatic carbocycles. The molecule has 0 spiro atoms. The minimum atomic E-state index is -0.984. The highest BCUT2D eigenvalue weighted by Gasteiger charge is 2.11. The number of pyridine rings is 1. The zero-order chi connectivity index (χ0) is 14.8. The molecule has 0 unspecified atom stereocenters. The summed E-state index contributed by atoms with van der Waals surface area (Å²) in [7, 11) is 0. The Labute approximate surface area is 129 Å². The quantitative estimate of drug-likeness (QED) is 0.735. The van der Waals surface area contributed by atoms with Crippen LogP contribution in [0.3, 0.4) is 0 Å². The second kappa shape index (κ2) is 5.54. The lowest BCUT2D eigenvalue weighted by atomic mass is 10.1. The SMILES string of the molecule is O=C(O)/C=C/c1c(-c2ccc(Br)cc2)nc2ccccn12. The molecule has 0 fully saturated rings. The van der Waals surface area contributed by atoms with Gasteiger partial charge in [-0.15, -0.1) is 0 Å². The molecule has 3 rings (SSSR count). The van der Waals surface area contributed by atoms with Crippen LogP contribution in [0.15, 0.2) is 59.2 Å². The van der Waals surface area contributed by atoms with Gasteiger partial charge in [0.2, 0.25) is 0 Å². The zero-order valence-corrected chi connectivity index (χ0v) is 12.5. The largest absolute Gasteiger partial charge is 0.478 e. The van der Waals surface area contributed by atoms with E-state index in [2.05, 4.69) is 20.9 Å². The number of carbonyl (C=O) groups is 1. The minimum Gasteiger partial charge on any atom is -0.478 e. The molecule has 5 heteroatoms. The summed E-state index contributed by atoms with van der Waals surface area (Å²) in [6.45, 7) is 0. The van der Waals surface area contributed by atoms with Gasteiger partial charge in [0.25, 0.3) is 0 Å². The number of fused-ring (bicyclic) bond motifs is 1. The van der Waals surface area contributed by atoms with Crippen molar-refractivity contribution in [3.8, 4) is 11.3 Å². The van der Waals surface area contributed by atoms with Crippen molar-refractivity contribution in [2.24, 2.45) is 0 Å². The van der Waals surface area contributed by atoms with Gasteiger partial charge in [-0.1, -0.05) is 34.1 Å². The monoisotopic (exact) mass is 342 g/mol. The number of hydrogen-bond donors (Lipinski definition) is 1. The van der Waals surface area contributed by atoms with E-state index in [1.807, 2.05) is 53.1 Å². The predicted octanol–water partition coefficient (Wildman–Crippen LogP) is 3.86. The molecular weight excluding hydrogens is 332 g/mol. The van der Waals surface area contributed by atoms with E-state index in [4.69, 9.17) is 5.11 Å². The van der Waals surface area contributed by atoms with E-state index in [1.165, 1.54) is 0 Å². The van der Waals surface area contributed by atoms with E-state index in [9.17, 15) is 4.79 Å². The normalized spacial score (nSPS) is 11.3. The Morgan fingerprint density at radius 3 is 2.67 bits per heavy atom. The topological polar surface area (TPSA) is 54.6 Å². The third-order valence-corrected chi connectivity index (χ3v) is 3.60. The molecule has 104 valence electrons. The minimum absolute atomic E-state index is 0.746. The Balaban J connectivity index is 2.23. The fourth-order valence-corrected chi connectivity index (χ4v) is 2.41.